The Kier molecular flexibility index (Phi) is 4.17. The van der Waals surface area contributed by atoms with Gasteiger partial charge >= 0.3 is 5.63 Å². The number of para-hydroxylation sites is 1. The zero-order chi connectivity index (χ0) is 17.4. The topological polar surface area (TPSA) is 45.5 Å². The summed E-state index contributed by atoms with van der Waals surface area (Å²) in [7, 11) is 0. The Morgan fingerprint density at radius 3 is 2.68 bits per heavy atom. The summed E-state index contributed by atoms with van der Waals surface area (Å²) in [4.78, 5) is 15.9. The Balaban J connectivity index is 1.71. The lowest BCUT2D eigenvalue weighted by atomic mass is 10.1. The van der Waals surface area contributed by atoms with Crippen LogP contribution in [-0.2, 0) is 0 Å². The molecule has 1 unspecified atom stereocenters. The van der Waals surface area contributed by atoms with Crippen LogP contribution in [0.3, 0.4) is 0 Å². The zero-order valence-electron chi connectivity index (χ0n) is 14.3. The molecular formula is C20H20N2O2S. The van der Waals surface area contributed by atoms with Crippen LogP contribution in [-0.4, -0.2) is 13.1 Å². The van der Waals surface area contributed by atoms with Crippen molar-refractivity contribution in [3.63, 3.8) is 0 Å². The van der Waals surface area contributed by atoms with Crippen LogP contribution in [0.4, 0.5) is 11.4 Å². The van der Waals surface area contributed by atoms with Gasteiger partial charge in [-0.15, -0.1) is 0 Å². The molecule has 5 heteroatoms. The molecule has 2 heterocycles. The molecule has 2 aromatic carbocycles. The minimum Gasteiger partial charge on any atom is -0.422 e. The van der Waals surface area contributed by atoms with Gasteiger partial charge in [-0.05, 0) is 44.2 Å². The number of rotatable bonds is 4. The van der Waals surface area contributed by atoms with E-state index in [1.807, 2.05) is 36.4 Å². The number of nitrogens with zero attached hydrogens (tertiary/aromatic N) is 1. The molecule has 0 amide bonds. The smallest absolute Gasteiger partial charge is 0.342 e. The number of hydrogen-bond donors (Lipinski definition) is 1. The molecule has 128 valence electrons. The van der Waals surface area contributed by atoms with Gasteiger partial charge in [-0.1, -0.05) is 23.9 Å². The average Bonchev–Trinajstić information content (AvgIpc) is 3.06. The standard InChI is InChI=1S/C20H20N2O2S/c1-3-22(4-2)14-10-9-13-11-15(20(23)24-17(13)12-14)19-21-16-7-5-6-8-18(16)25-19/h5-12,19,21H,3-4H2,1-2H3. The molecule has 1 N–H and O–H groups in total. The monoisotopic (exact) mass is 352 g/mol. The summed E-state index contributed by atoms with van der Waals surface area (Å²) in [6.07, 6.45) is 0. The molecule has 4 rings (SSSR count). The molecule has 0 bridgehead atoms. The Labute approximate surface area is 150 Å². The van der Waals surface area contributed by atoms with Gasteiger partial charge in [-0.3, -0.25) is 0 Å². The summed E-state index contributed by atoms with van der Waals surface area (Å²) < 4.78 is 5.65. The maximum atomic E-state index is 12.6. The van der Waals surface area contributed by atoms with Gasteiger partial charge < -0.3 is 14.6 Å². The van der Waals surface area contributed by atoms with Crippen LogP contribution >= 0.6 is 11.8 Å². The molecule has 0 aliphatic carbocycles. The quantitative estimate of drug-likeness (QED) is 0.680. The van der Waals surface area contributed by atoms with Crippen LogP contribution in [0.5, 0.6) is 0 Å². The molecule has 3 aromatic rings. The molecule has 1 aliphatic rings. The van der Waals surface area contributed by atoms with Crippen molar-refractivity contribution in [2.45, 2.75) is 24.1 Å². The molecule has 4 nitrogen and oxygen atoms in total. The highest BCUT2D eigenvalue weighted by Gasteiger charge is 2.25. The first-order valence-electron chi connectivity index (χ1n) is 8.54. The summed E-state index contributed by atoms with van der Waals surface area (Å²) in [5.41, 5.74) is 3.16. The molecule has 1 aromatic heterocycles. The van der Waals surface area contributed by atoms with Crippen molar-refractivity contribution in [3.05, 3.63) is 64.5 Å². The molecule has 0 radical (unpaired) electrons. The van der Waals surface area contributed by atoms with E-state index in [2.05, 4.69) is 36.2 Å². The molecule has 0 saturated heterocycles. The number of fused-ring (bicyclic) bond motifs is 2. The lowest BCUT2D eigenvalue weighted by Gasteiger charge is -2.21. The summed E-state index contributed by atoms with van der Waals surface area (Å²) in [6, 6.07) is 16.1. The van der Waals surface area contributed by atoms with Crippen LogP contribution in [0.1, 0.15) is 24.8 Å². The highest BCUT2D eigenvalue weighted by Crippen LogP contribution is 2.45. The third-order valence-electron chi connectivity index (χ3n) is 4.58. The fourth-order valence-electron chi connectivity index (χ4n) is 3.21. The van der Waals surface area contributed by atoms with Gasteiger partial charge in [0, 0.05) is 40.8 Å². The van der Waals surface area contributed by atoms with E-state index in [0.29, 0.717) is 11.1 Å². The van der Waals surface area contributed by atoms with Gasteiger partial charge in [0.1, 0.15) is 11.0 Å². The molecule has 1 aliphatic heterocycles. The van der Waals surface area contributed by atoms with Crippen molar-refractivity contribution < 1.29 is 4.42 Å². The van der Waals surface area contributed by atoms with E-state index in [1.165, 1.54) is 0 Å². The van der Waals surface area contributed by atoms with Crippen LogP contribution in [0, 0.1) is 0 Å². The minimum absolute atomic E-state index is 0.111. The third-order valence-corrected chi connectivity index (χ3v) is 5.79. The Hall–Kier alpha value is -2.40. The second-order valence-corrected chi connectivity index (χ2v) is 7.17. The van der Waals surface area contributed by atoms with E-state index < -0.39 is 0 Å². The predicted molar refractivity (Wildman–Crippen MR) is 105 cm³/mol. The Morgan fingerprint density at radius 2 is 1.92 bits per heavy atom. The van der Waals surface area contributed by atoms with E-state index in [1.54, 1.807) is 11.8 Å². The second-order valence-electron chi connectivity index (χ2n) is 6.02. The Morgan fingerprint density at radius 1 is 1.12 bits per heavy atom. The van der Waals surface area contributed by atoms with Gasteiger partial charge in [0.15, 0.2) is 0 Å². The first kappa shape index (κ1) is 16.1. The van der Waals surface area contributed by atoms with Crippen molar-refractivity contribution in [1.82, 2.24) is 0 Å². The highest BCUT2D eigenvalue weighted by molar-refractivity contribution is 8.00. The Bertz CT molecular complexity index is 954. The number of nitrogens with one attached hydrogen (secondary N) is 1. The molecule has 0 saturated carbocycles. The van der Waals surface area contributed by atoms with Gasteiger partial charge in [0.05, 0.1) is 5.56 Å². The number of hydrogen-bond acceptors (Lipinski definition) is 5. The SMILES string of the molecule is CCN(CC)c1ccc2cc(C3Nc4ccccc4S3)c(=O)oc2c1. The summed E-state index contributed by atoms with van der Waals surface area (Å²) in [6.45, 7) is 6.08. The van der Waals surface area contributed by atoms with E-state index >= 15 is 0 Å². The van der Waals surface area contributed by atoms with E-state index in [0.717, 1.165) is 34.7 Å². The normalized spacial score (nSPS) is 15.8. The zero-order valence-corrected chi connectivity index (χ0v) is 15.1. The van der Waals surface area contributed by atoms with Crippen molar-refractivity contribution in [2.24, 2.45) is 0 Å². The first-order chi connectivity index (χ1) is 12.2. The fourth-order valence-corrected chi connectivity index (χ4v) is 4.35. The van der Waals surface area contributed by atoms with Gasteiger partial charge in [-0.25, -0.2) is 4.79 Å². The van der Waals surface area contributed by atoms with E-state index in [4.69, 9.17) is 4.42 Å². The van der Waals surface area contributed by atoms with Gasteiger partial charge in [0.2, 0.25) is 0 Å². The summed E-state index contributed by atoms with van der Waals surface area (Å²) in [5, 5.41) is 4.24. The van der Waals surface area contributed by atoms with Crippen LogP contribution in [0.25, 0.3) is 11.0 Å². The van der Waals surface area contributed by atoms with Crippen molar-refractivity contribution in [3.8, 4) is 0 Å². The summed E-state index contributed by atoms with van der Waals surface area (Å²) >= 11 is 1.65. The van der Waals surface area contributed by atoms with Crippen LogP contribution in [0.15, 0.2) is 62.6 Å². The molecule has 1 atom stereocenters. The highest BCUT2D eigenvalue weighted by atomic mass is 32.2. The van der Waals surface area contributed by atoms with Crippen molar-refractivity contribution >= 4 is 34.1 Å². The lowest BCUT2D eigenvalue weighted by molar-refractivity contribution is 0.551. The molecular weight excluding hydrogens is 332 g/mol. The van der Waals surface area contributed by atoms with E-state index in [-0.39, 0.29) is 11.0 Å². The van der Waals surface area contributed by atoms with Crippen molar-refractivity contribution in [1.29, 1.82) is 0 Å². The third kappa shape index (κ3) is 2.89. The minimum atomic E-state index is -0.276. The first-order valence-corrected chi connectivity index (χ1v) is 9.42. The number of benzene rings is 2. The molecule has 25 heavy (non-hydrogen) atoms. The number of thioether (sulfide) groups is 1. The maximum absolute atomic E-state index is 12.6. The van der Waals surface area contributed by atoms with Gasteiger partial charge in [-0.2, -0.15) is 0 Å². The number of anilines is 2. The van der Waals surface area contributed by atoms with Gasteiger partial charge in [0.25, 0.3) is 0 Å². The van der Waals surface area contributed by atoms with Crippen molar-refractivity contribution in [2.75, 3.05) is 23.3 Å². The lowest BCUT2D eigenvalue weighted by Crippen LogP contribution is -2.21. The van der Waals surface area contributed by atoms with Crippen LogP contribution in [0.2, 0.25) is 0 Å². The largest absolute Gasteiger partial charge is 0.422 e. The molecule has 0 fully saturated rings. The predicted octanol–water partition coefficient (Wildman–Crippen LogP) is 4.86. The molecule has 0 spiro atoms. The van der Waals surface area contributed by atoms with E-state index in [9.17, 15) is 4.79 Å². The fraction of sp³-hybridized carbons (Fsp3) is 0.250. The van der Waals surface area contributed by atoms with Crippen LogP contribution < -0.4 is 15.8 Å². The maximum Gasteiger partial charge on any atom is 0.342 e. The average molecular weight is 352 g/mol. The second kappa shape index (κ2) is 6.48. The summed E-state index contributed by atoms with van der Waals surface area (Å²) in [5.74, 6) is 0.